The molecule has 0 fully saturated rings. The van der Waals surface area contributed by atoms with Crippen molar-refractivity contribution in [1.82, 2.24) is 15.1 Å². The number of amides is 1. The summed E-state index contributed by atoms with van der Waals surface area (Å²) in [7, 11) is 0. The third-order valence-corrected chi connectivity index (χ3v) is 4.65. The van der Waals surface area contributed by atoms with Crippen LogP contribution in [-0.2, 0) is 19.6 Å². The van der Waals surface area contributed by atoms with Crippen LogP contribution in [-0.4, -0.2) is 21.0 Å². The Kier molecular flexibility index (Phi) is 4.26. The summed E-state index contributed by atoms with van der Waals surface area (Å²) < 4.78 is 0. The number of aromatic nitrogens is 2. The van der Waals surface area contributed by atoms with Crippen LogP contribution in [0.3, 0.4) is 0 Å². The Bertz CT molecular complexity index is 907. The summed E-state index contributed by atoms with van der Waals surface area (Å²) in [5, 5.41) is 10.6. The minimum Gasteiger partial charge on any atom is -0.305 e. The summed E-state index contributed by atoms with van der Waals surface area (Å²) >= 11 is 6.09. The van der Waals surface area contributed by atoms with E-state index in [1.54, 1.807) is 24.3 Å². The molecule has 1 aliphatic heterocycles. The highest BCUT2D eigenvalue weighted by atomic mass is 35.5. The third kappa shape index (κ3) is 3.29. The second-order valence-corrected chi connectivity index (χ2v) is 6.50. The maximum atomic E-state index is 12.4. The van der Waals surface area contributed by atoms with E-state index in [9.17, 15) is 4.79 Å². The van der Waals surface area contributed by atoms with Gasteiger partial charge in [-0.15, -0.1) is 0 Å². The highest BCUT2D eigenvalue weighted by Crippen LogP contribution is 2.29. The van der Waals surface area contributed by atoms with Gasteiger partial charge in [-0.2, -0.15) is 5.10 Å². The highest BCUT2D eigenvalue weighted by Gasteiger charge is 2.26. The zero-order valence-corrected chi connectivity index (χ0v) is 14.3. The molecule has 126 valence electrons. The number of H-pyrrole nitrogens is 1. The van der Waals surface area contributed by atoms with Crippen molar-refractivity contribution in [2.75, 3.05) is 5.32 Å². The number of aromatic amines is 1. The molecule has 2 heterocycles. The van der Waals surface area contributed by atoms with E-state index >= 15 is 0 Å². The summed E-state index contributed by atoms with van der Waals surface area (Å²) in [5.74, 6) is 0.330. The Hall–Kier alpha value is -2.63. The fourth-order valence-electron chi connectivity index (χ4n) is 3.08. The van der Waals surface area contributed by atoms with E-state index in [1.807, 2.05) is 18.2 Å². The monoisotopic (exact) mass is 352 g/mol. The lowest BCUT2D eigenvalue weighted by molar-refractivity contribution is 0.102. The normalized spacial score (nSPS) is 13.6. The molecule has 5 nitrogen and oxygen atoms in total. The molecule has 2 N–H and O–H groups in total. The fraction of sp³-hybridized carbons (Fsp3) is 0.158. The van der Waals surface area contributed by atoms with Gasteiger partial charge < -0.3 is 5.32 Å². The molecule has 0 radical (unpaired) electrons. The van der Waals surface area contributed by atoms with Gasteiger partial charge in [0.25, 0.3) is 5.91 Å². The number of carbonyl (C=O) groups is 1. The molecule has 1 amide bonds. The van der Waals surface area contributed by atoms with Gasteiger partial charge in [-0.05, 0) is 17.7 Å². The molecular weight excluding hydrogens is 336 g/mol. The molecular formula is C19H17ClN4O. The Morgan fingerprint density at radius 3 is 2.68 bits per heavy atom. The predicted octanol–water partition coefficient (Wildman–Crippen LogP) is 3.83. The summed E-state index contributed by atoms with van der Waals surface area (Å²) in [6, 6.07) is 17.3. The van der Waals surface area contributed by atoms with Crippen molar-refractivity contribution >= 4 is 23.3 Å². The summed E-state index contributed by atoms with van der Waals surface area (Å²) in [5.41, 5.74) is 3.80. The van der Waals surface area contributed by atoms with E-state index in [-0.39, 0.29) is 5.91 Å². The van der Waals surface area contributed by atoms with Gasteiger partial charge in [-0.1, -0.05) is 54.1 Å². The van der Waals surface area contributed by atoms with Gasteiger partial charge in [0.15, 0.2) is 5.82 Å². The van der Waals surface area contributed by atoms with Crippen molar-refractivity contribution in [3.63, 3.8) is 0 Å². The quantitative estimate of drug-likeness (QED) is 0.750. The first kappa shape index (κ1) is 15.9. The summed E-state index contributed by atoms with van der Waals surface area (Å²) in [6.07, 6.45) is 0. The van der Waals surface area contributed by atoms with E-state index in [2.05, 4.69) is 32.5 Å². The van der Waals surface area contributed by atoms with Gasteiger partial charge in [-0.3, -0.25) is 14.8 Å². The molecule has 2 aromatic carbocycles. The molecule has 4 rings (SSSR count). The highest BCUT2D eigenvalue weighted by molar-refractivity contribution is 6.34. The van der Waals surface area contributed by atoms with Crippen molar-refractivity contribution < 1.29 is 4.79 Å². The Labute approximate surface area is 150 Å². The molecule has 1 aliphatic rings. The van der Waals surface area contributed by atoms with Crippen molar-refractivity contribution in [2.45, 2.75) is 19.6 Å². The number of fused-ring (bicyclic) bond motifs is 1. The van der Waals surface area contributed by atoms with Crippen LogP contribution in [0.4, 0.5) is 5.82 Å². The standard InChI is InChI=1S/C19H17ClN4O/c20-16-9-5-4-8-14(16)19(25)21-18-15-11-24(12-17(15)22-23-18)10-13-6-2-1-3-7-13/h1-9H,10-12H2,(H2,21,22,23,25). The number of rotatable bonds is 4. The lowest BCUT2D eigenvalue weighted by Gasteiger charge is -2.15. The molecule has 0 unspecified atom stereocenters. The van der Waals surface area contributed by atoms with Gasteiger partial charge in [0.05, 0.1) is 16.3 Å². The molecule has 0 bridgehead atoms. The molecule has 0 saturated heterocycles. The molecule has 0 spiro atoms. The molecule has 0 atom stereocenters. The number of nitrogens with zero attached hydrogens (tertiary/aromatic N) is 2. The van der Waals surface area contributed by atoms with E-state index in [1.165, 1.54) is 5.56 Å². The zero-order valence-electron chi connectivity index (χ0n) is 13.5. The first-order valence-electron chi connectivity index (χ1n) is 8.09. The molecule has 6 heteroatoms. The van der Waals surface area contributed by atoms with Gasteiger partial charge in [0.2, 0.25) is 0 Å². The second kappa shape index (κ2) is 6.70. The molecule has 0 saturated carbocycles. The largest absolute Gasteiger partial charge is 0.305 e. The lowest BCUT2D eigenvalue weighted by atomic mass is 10.2. The maximum Gasteiger partial charge on any atom is 0.258 e. The van der Waals surface area contributed by atoms with E-state index in [0.717, 1.165) is 30.9 Å². The van der Waals surface area contributed by atoms with Crippen LogP contribution in [0.5, 0.6) is 0 Å². The Morgan fingerprint density at radius 1 is 1.12 bits per heavy atom. The Balaban J connectivity index is 1.47. The third-order valence-electron chi connectivity index (χ3n) is 4.32. The molecule has 0 aliphatic carbocycles. The lowest BCUT2D eigenvalue weighted by Crippen LogP contribution is -2.18. The van der Waals surface area contributed by atoms with Crippen LogP contribution in [0.1, 0.15) is 27.2 Å². The minimum absolute atomic E-state index is 0.249. The fourth-order valence-corrected chi connectivity index (χ4v) is 3.30. The van der Waals surface area contributed by atoms with Crippen molar-refractivity contribution in [3.8, 4) is 0 Å². The summed E-state index contributed by atoms with van der Waals surface area (Å²) in [4.78, 5) is 14.8. The zero-order chi connectivity index (χ0) is 17.2. The smallest absolute Gasteiger partial charge is 0.258 e. The minimum atomic E-state index is -0.249. The van der Waals surface area contributed by atoms with Crippen LogP contribution in [0.2, 0.25) is 5.02 Å². The van der Waals surface area contributed by atoms with Crippen LogP contribution in [0.15, 0.2) is 54.6 Å². The van der Waals surface area contributed by atoms with Gasteiger partial charge in [0.1, 0.15) is 0 Å². The van der Waals surface area contributed by atoms with Crippen LogP contribution < -0.4 is 5.32 Å². The van der Waals surface area contributed by atoms with Crippen LogP contribution in [0, 0.1) is 0 Å². The number of anilines is 1. The van der Waals surface area contributed by atoms with Crippen molar-refractivity contribution in [1.29, 1.82) is 0 Å². The van der Waals surface area contributed by atoms with E-state index in [0.29, 0.717) is 16.4 Å². The van der Waals surface area contributed by atoms with Crippen molar-refractivity contribution in [3.05, 3.63) is 82.0 Å². The molecule has 1 aromatic heterocycles. The molecule has 25 heavy (non-hydrogen) atoms. The maximum absolute atomic E-state index is 12.4. The van der Waals surface area contributed by atoms with E-state index < -0.39 is 0 Å². The Morgan fingerprint density at radius 2 is 1.88 bits per heavy atom. The van der Waals surface area contributed by atoms with Crippen molar-refractivity contribution in [2.24, 2.45) is 0 Å². The molecule has 3 aromatic rings. The number of carbonyl (C=O) groups excluding carboxylic acids is 1. The average molecular weight is 353 g/mol. The van der Waals surface area contributed by atoms with Gasteiger partial charge in [0, 0.05) is 25.2 Å². The first-order valence-corrected chi connectivity index (χ1v) is 8.47. The number of nitrogens with one attached hydrogen (secondary N) is 2. The topological polar surface area (TPSA) is 61.0 Å². The number of hydrogen-bond acceptors (Lipinski definition) is 3. The summed E-state index contributed by atoms with van der Waals surface area (Å²) in [6.45, 7) is 2.40. The van der Waals surface area contributed by atoms with Crippen LogP contribution >= 0.6 is 11.6 Å². The number of hydrogen-bond donors (Lipinski definition) is 2. The van der Waals surface area contributed by atoms with Gasteiger partial charge in [-0.25, -0.2) is 0 Å². The van der Waals surface area contributed by atoms with Crippen LogP contribution in [0.25, 0.3) is 0 Å². The van der Waals surface area contributed by atoms with E-state index in [4.69, 9.17) is 11.6 Å². The SMILES string of the molecule is O=C(Nc1n[nH]c2c1CN(Cc1ccccc1)C2)c1ccccc1Cl. The average Bonchev–Trinajstić information content (AvgIpc) is 3.17. The first-order chi connectivity index (χ1) is 12.2. The van der Waals surface area contributed by atoms with Gasteiger partial charge >= 0.3 is 0 Å². The predicted molar refractivity (Wildman–Crippen MR) is 97.4 cm³/mol. The number of benzene rings is 2. The number of halogens is 1. The second-order valence-electron chi connectivity index (χ2n) is 6.09.